The fraction of sp³-hybridized carbons (Fsp3) is 0.357. The Morgan fingerprint density at radius 2 is 2.24 bits per heavy atom. The molecule has 0 saturated heterocycles. The summed E-state index contributed by atoms with van der Waals surface area (Å²) >= 11 is 1.57. The Kier molecular flexibility index (Phi) is 4.10. The van der Waals surface area contributed by atoms with Crippen molar-refractivity contribution >= 4 is 33.8 Å². The number of imidazole rings is 1. The number of para-hydroxylation sites is 2. The summed E-state index contributed by atoms with van der Waals surface area (Å²) in [5.74, 6) is 1.28. The van der Waals surface area contributed by atoms with Gasteiger partial charge in [-0.1, -0.05) is 37.2 Å². The predicted molar refractivity (Wildman–Crippen MR) is 88.2 cm³/mol. The predicted octanol–water partition coefficient (Wildman–Crippen LogP) is 1.98. The van der Waals surface area contributed by atoms with Crippen LogP contribution in [-0.2, 0) is 0 Å². The molecule has 0 spiro atoms. The van der Waals surface area contributed by atoms with Gasteiger partial charge in [0.15, 0.2) is 11.0 Å². The molecule has 2 N–H and O–H groups in total. The van der Waals surface area contributed by atoms with E-state index in [9.17, 15) is 4.79 Å². The number of aromatic amines is 1. The van der Waals surface area contributed by atoms with E-state index in [-0.39, 0.29) is 5.69 Å². The maximum atomic E-state index is 12.1. The molecule has 2 heterocycles. The summed E-state index contributed by atoms with van der Waals surface area (Å²) in [6, 6.07) is 7.58. The molecule has 0 amide bonds. The van der Waals surface area contributed by atoms with Crippen molar-refractivity contribution in [2.75, 3.05) is 12.3 Å². The highest BCUT2D eigenvalue weighted by molar-refractivity contribution is 8.14. The smallest absolute Gasteiger partial charge is 0.332 e. The average Bonchev–Trinajstić information content (AvgIpc) is 2.84. The van der Waals surface area contributed by atoms with Gasteiger partial charge in [-0.2, -0.15) is 0 Å². The van der Waals surface area contributed by atoms with E-state index in [0.29, 0.717) is 11.6 Å². The van der Waals surface area contributed by atoms with Crippen molar-refractivity contribution in [3.05, 3.63) is 34.7 Å². The minimum absolute atomic E-state index is 0.173. The summed E-state index contributed by atoms with van der Waals surface area (Å²) in [5.41, 5.74) is 1.47. The van der Waals surface area contributed by atoms with E-state index in [4.69, 9.17) is 0 Å². The topological polar surface area (TPSA) is 74.5 Å². The number of thioether (sulfide) groups is 1. The summed E-state index contributed by atoms with van der Waals surface area (Å²) < 4.78 is 1.59. The van der Waals surface area contributed by atoms with E-state index in [2.05, 4.69) is 27.4 Å². The number of aromatic nitrogens is 2. The minimum Gasteiger partial charge on any atom is -0.363 e. The molecule has 6 nitrogen and oxygen atoms in total. The maximum absolute atomic E-state index is 12.1. The van der Waals surface area contributed by atoms with Gasteiger partial charge in [-0.15, -0.1) is 10.2 Å². The Labute approximate surface area is 126 Å². The van der Waals surface area contributed by atoms with Crippen molar-refractivity contribution in [3.63, 3.8) is 0 Å². The number of amidine groups is 1. The van der Waals surface area contributed by atoms with Crippen LogP contribution in [0.15, 0.2) is 39.3 Å². The number of hydrogen-bond acceptors (Lipinski definition) is 5. The lowest BCUT2D eigenvalue weighted by molar-refractivity contribution is 0.757. The van der Waals surface area contributed by atoms with Crippen LogP contribution in [0.2, 0.25) is 0 Å². The number of unbranched alkanes of at least 4 members (excludes halogenated alkanes) is 1. The first-order chi connectivity index (χ1) is 10.3. The minimum atomic E-state index is -0.173. The highest BCUT2D eigenvalue weighted by Crippen LogP contribution is 2.14. The van der Waals surface area contributed by atoms with Crippen LogP contribution in [0.3, 0.4) is 0 Å². The summed E-state index contributed by atoms with van der Waals surface area (Å²) in [4.78, 5) is 14.9. The highest BCUT2D eigenvalue weighted by atomic mass is 32.2. The molecule has 1 aromatic carbocycles. The summed E-state index contributed by atoms with van der Waals surface area (Å²) in [6.45, 7) is 3.05. The fourth-order valence-electron chi connectivity index (χ4n) is 2.17. The summed E-state index contributed by atoms with van der Waals surface area (Å²) in [7, 11) is 0. The van der Waals surface area contributed by atoms with Gasteiger partial charge in [0.1, 0.15) is 0 Å². The molecule has 110 valence electrons. The van der Waals surface area contributed by atoms with Crippen LogP contribution in [0.5, 0.6) is 0 Å². The van der Waals surface area contributed by atoms with Crippen molar-refractivity contribution in [3.8, 4) is 0 Å². The second-order valence-electron chi connectivity index (χ2n) is 4.77. The van der Waals surface area contributed by atoms with Crippen molar-refractivity contribution < 1.29 is 0 Å². The van der Waals surface area contributed by atoms with E-state index in [1.807, 2.05) is 24.3 Å². The van der Waals surface area contributed by atoms with Crippen LogP contribution in [-0.4, -0.2) is 32.9 Å². The summed E-state index contributed by atoms with van der Waals surface area (Å²) in [6.07, 6.45) is 2.25. The number of hydrogen-bond donors (Lipinski definition) is 2. The van der Waals surface area contributed by atoms with Gasteiger partial charge in [0.2, 0.25) is 0 Å². The molecule has 0 atom stereocenters. The molecule has 1 aromatic heterocycles. The first kappa shape index (κ1) is 13.9. The standard InChI is InChI=1S/C14H17N5OS/c1-2-3-8-15-13-18-17-12(9-21-13)19-11-7-5-4-6-10(11)16-14(19)20/h4-7H,2-3,8-9H2,1H3,(H,15,18)(H,16,20). The molecule has 0 saturated carbocycles. The first-order valence-electron chi connectivity index (χ1n) is 7.01. The second kappa shape index (κ2) is 6.17. The molecule has 0 fully saturated rings. The number of fused-ring (bicyclic) bond motifs is 1. The Balaban J connectivity index is 1.87. The number of nitrogens with one attached hydrogen (secondary N) is 2. The lowest BCUT2D eigenvalue weighted by Gasteiger charge is -2.13. The van der Waals surface area contributed by atoms with Gasteiger partial charge in [0.05, 0.1) is 16.8 Å². The molecule has 1 aliphatic heterocycles. The largest absolute Gasteiger partial charge is 0.363 e. The Bertz CT molecular complexity index is 758. The molecular weight excluding hydrogens is 286 g/mol. The van der Waals surface area contributed by atoms with Gasteiger partial charge < -0.3 is 10.3 Å². The zero-order valence-corrected chi connectivity index (χ0v) is 12.6. The van der Waals surface area contributed by atoms with Crippen LogP contribution in [0, 0.1) is 0 Å². The number of nitrogens with zero attached hydrogens (tertiary/aromatic N) is 3. The van der Waals surface area contributed by atoms with Crippen LogP contribution < -0.4 is 11.0 Å². The zero-order chi connectivity index (χ0) is 14.7. The first-order valence-corrected chi connectivity index (χ1v) is 7.99. The van der Waals surface area contributed by atoms with Crippen molar-refractivity contribution in [2.45, 2.75) is 19.8 Å². The molecule has 7 heteroatoms. The third-order valence-electron chi connectivity index (χ3n) is 3.25. The number of H-pyrrole nitrogens is 1. The zero-order valence-electron chi connectivity index (χ0n) is 11.8. The monoisotopic (exact) mass is 303 g/mol. The quantitative estimate of drug-likeness (QED) is 0.852. The molecule has 1 aliphatic rings. The lowest BCUT2D eigenvalue weighted by atomic mass is 10.3. The average molecular weight is 303 g/mol. The van der Waals surface area contributed by atoms with Gasteiger partial charge in [-0.25, -0.2) is 9.36 Å². The van der Waals surface area contributed by atoms with Crippen molar-refractivity contribution in [1.29, 1.82) is 0 Å². The SMILES string of the molecule is CCCCNC1=NN=C(n2c(=O)[nH]c3ccccc32)CS1. The third kappa shape index (κ3) is 2.87. The Morgan fingerprint density at radius 1 is 1.38 bits per heavy atom. The van der Waals surface area contributed by atoms with Gasteiger partial charge in [-0.3, -0.25) is 0 Å². The van der Waals surface area contributed by atoms with Gasteiger partial charge in [-0.05, 0) is 18.6 Å². The lowest BCUT2D eigenvalue weighted by Crippen LogP contribution is -2.31. The van der Waals surface area contributed by atoms with E-state index in [1.165, 1.54) is 0 Å². The van der Waals surface area contributed by atoms with Gasteiger partial charge >= 0.3 is 5.69 Å². The normalized spacial score (nSPS) is 14.9. The maximum Gasteiger partial charge on any atom is 0.332 e. The van der Waals surface area contributed by atoms with Crippen molar-refractivity contribution in [2.24, 2.45) is 10.2 Å². The Morgan fingerprint density at radius 3 is 3.00 bits per heavy atom. The van der Waals surface area contributed by atoms with E-state index in [0.717, 1.165) is 35.6 Å². The molecule has 0 unspecified atom stereocenters. The number of rotatable bonds is 3. The van der Waals surface area contributed by atoms with E-state index < -0.39 is 0 Å². The van der Waals surface area contributed by atoms with Crippen LogP contribution >= 0.6 is 11.8 Å². The summed E-state index contributed by atoms with van der Waals surface area (Å²) in [5, 5.41) is 12.4. The third-order valence-corrected chi connectivity index (χ3v) is 4.15. The van der Waals surface area contributed by atoms with Gasteiger partial charge in [0.25, 0.3) is 0 Å². The molecule has 0 aliphatic carbocycles. The molecule has 0 radical (unpaired) electrons. The van der Waals surface area contributed by atoms with Crippen LogP contribution in [0.4, 0.5) is 0 Å². The molecule has 0 bridgehead atoms. The van der Waals surface area contributed by atoms with Crippen molar-refractivity contribution in [1.82, 2.24) is 14.9 Å². The molecule has 2 aromatic rings. The van der Waals surface area contributed by atoms with E-state index >= 15 is 0 Å². The fourth-order valence-corrected chi connectivity index (χ4v) is 2.93. The van der Waals surface area contributed by atoms with Crippen LogP contribution in [0.1, 0.15) is 19.8 Å². The molecular formula is C14H17N5OS. The number of benzene rings is 1. The highest BCUT2D eigenvalue weighted by Gasteiger charge is 2.16. The van der Waals surface area contributed by atoms with Gasteiger partial charge in [0, 0.05) is 6.54 Å². The Hall–Kier alpha value is -2.02. The molecule has 3 rings (SSSR count). The van der Waals surface area contributed by atoms with Crippen LogP contribution in [0.25, 0.3) is 11.0 Å². The molecule has 21 heavy (non-hydrogen) atoms. The van der Waals surface area contributed by atoms with E-state index in [1.54, 1.807) is 16.3 Å². The second-order valence-corrected chi connectivity index (χ2v) is 5.74.